The Kier molecular flexibility index (Phi) is 12.1. The summed E-state index contributed by atoms with van der Waals surface area (Å²) in [5.74, 6) is 5.69. The fourth-order valence-electron chi connectivity index (χ4n) is 2.81. The lowest BCUT2D eigenvalue weighted by Gasteiger charge is -2.29. The second kappa shape index (κ2) is 13.4. The number of para-hydroxylation sites is 1. The molecule has 0 fully saturated rings. The molecule has 2 aromatic rings. The van der Waals surface area contributed by atoms with Crippen molar-refractivity contribution < 1.29 is 4.79 Å². The molecule has 0 radical (unpaired) electrons. The number of hydrazine groups is 1. The maximum atomic E-state index is 12.1. The van der Waals surface area contributed by atoms with E-state index in [0.717, 1.165) is 22.4 Å². The number of hydrogen-bond donors (Lipinski definition) is 3. The van der Waals surface area contributed by atoms with Crippen LogP contribution >= 0.6 is 0 Å². The van der Waals surface area contributed by atoms with Crippen LogP contribution in [0.2, 0.25) is 0 Å². The van der Waals surface area contributed by atoms with Crippen molar-refractivity contribution in [2.45, 2.75) is 55.0 Å². The van der Waals surface area contributed by atoms with Crippen LogP contribution < -0.4 is 21.9 Å². The molecule has 0 aliphatic carbocycles. The predicted octanol–water partition coefficient (Wildman–Crippen LogP) is 4.88. The number of nitrogens with two attached hydrogens (primary N) is 2. The number of carbonyl (C=O) groups is 1. The zero-order valence-electron chi connectivity index (χ0n) is 18.3. The lowest BCUT2D eigenvalue weighted by molar-refractivity contribution is -0.116. The maximum absolute atomic E-state index is 12.1. The first-order valence-corrected chi connectivity index (χ1v) is 10.1. The monoisotopic (exact) mass is 384 g/mol. The number of nitrogens with one attached hydrogen (secondary N) is 1. The number of hydrogen-bond acceptors (Lipinski definition) is 4. The third-order valence-corrected chi connectivity index (χ3v) is 3.89. The number of benzene rings is 2. The number of nitrogens with zero attached hydrogens (tertiary/aromatic N) is 1. The van der Waals surface area contributed by atoms with E-state index < -0.39 is 0 Å². The molecule has 0 spiro atoms. The molecular formula is C23H36N4O. The van der Waals surface area contributed by atoms with Crippen molar-refractivity contribution in [2.75, 3.05) is 4.90 Å². The highest BCUT2D eigenvalue weighted by Gasteiger charge is 2.23. The van der Waals surface area contributed by atoms with E-state index in [-0.39, 0.29) is 5.91 Å². The molecule has 1 amide bonds. The highest BCUT2D eigenvalue weighted by atomic mass is 16.2. The van der Waals surface area contributed by atoms with Crippen molar-refractivity contribution in [3.05, 3.63) is 65.2 Å². The van der Waals surface area contributed by atoms with Crippen molar-refractivity contribution in [2.24, 2.45) is 11.6 Å². The molecule has 0 saturated heterocycles. The third-order valence-electron chi connectivity index (χ3n) is 3.89. The SMILES string of the molecule is CC.CC.CC.CC(=O)N1Cc2ccccc2/C(N)=C(/NN)c2ccccc21. The van der Waals surface area contributed by atoms with Gasteiger partial charge in [-0.3, -0.25) is 10.6 Å². The zero-order valence-corrected chi connectivity index (χ0v) is 18.3. The summed E-state index contributed by atoms with van der Waals surface area (Å²) in [6.45, 7) is 14.0. The molecule has 0 bridgehead atoms. The molecule has 1 aliphatic heterocycles. The number of amides is 1. The van der Waals surface area contributed by atoms with Crippen LogP contribution in [0.3, 0.4) is 0 Å². The van der Waals surface area contributed by atoms with Gasteiger partial charge in [0.2, 0.25) is 5.91 Å². The molecular weight excluding hydrogens is 348 g/mol. The van der Waals surface area contributed by atoms with Crippen LogP contribution in [-0.4, -0.2) is 5.91 Å². The molecule has 28 heavy (non-hydrogen) atoms. The molecule has 5 N–H and O–H groups in total. The standard InChI is InChI=1S/C17H18N4O.3C2H6/c1-11(22)21-10-12-6-2-3-7-13(12)16(18)17(20-19)14-8-4-5-9-15(14)21;3*1-2/h2-9,20H,10,18-19H2,1H3;3*1-2H3/b17-16-;;;. The average Bonchev–Trinajstić information content (AvgIpc) is 2.76. The van der Waals surface area contributed by atoms with Crippen molar-refractivity contribution in [3.63, 3.8) is 0 Å². The maximum Gasteiger partial charge on any atom is 0.224 e. The van der Waals surface area contributed by atoms with Crippen LogP contribution in [0.5, 0.6) is 0 Å². The number of carbonyl (C=O) groups excluding carboxylic acids is 1. The Hall–Kier alpha value is -2.79. The van der Waals surface area contributed by atoms with Gasteiger partial charge < -0.3 is 16.1 Å². The number of fused-ring (bicyclic) bond motifs is 2. The summed E-state index contributed by atoms with van der Waals surface area (Å²) in [6.07, 6.45) is 0. The molecule has 0 atom stereocenters. The Labute approximate surface area is 170 Å². The average molecular weight is 385 g/mol. The molecule has 3 rings (SSSR count). The normalized spacial score (nSPS) is 14.1. The second-order valence-corrected chi connectivity index (χ2v) is 5.21. The van der Waals surface area contributed by atoms with Crippen molar-refractivity contribution in [1.82, 2.24) is 5.43 Å². The van der Waals surface area contributed by atoms with Gasteiger partial charge in [0.25, 0.3) is 0 Å². The van der Waals surface area contributed by atoms with Gasteiger partial charge in [0.15, 0.2) is 0 Å². The molecule has 0 aromatic heterocycles. The van der Waals surface area contributed by atoms with Gasteiger partial charge in [0, 0.05) is 18.1 Å². The van der Waals surface area contributed by atoms with Gasteiger partial charge in [0.05, 0.1) is 23.6 Å². The van der Waals surface area contributed by atoms with E-state index in [1.807, 2.05) is 90.1 Å². The molecule has 1 heterocycles. The first-order valence-electron chi connectivity index (χ1n) is 10.1. The van der Waals surface area contributed by atoms with E-state index in [0.29, 0.717) is 17.9 Å². The highest BCUT2D eigenvalue weighted by Crippen LogP contribution is 2.34. The van der Waals surface area contributed by atoms with Crippen molar-refractivity contribution in [3.8, 4) is 0 Å². The van der Waals surface area contributed by atoms with Gasteiger partial charge in [-0.2, -0.15) is 0 Å². The minimum absolute atomic E-state index is 0.0286. The van der Waals surface area contributed by atoms with Crippen molar-refractivity contribution in [1.29, 1.82) is 0 Å². The largest absolute Gasteiger partial charge is 0.396 e. The minimum atomic E-state index is -0.0286. The summed E-state index contributed by atoms with van der Waals surface area (Å²) < 4.78 is 0. The van der Waals surface area contributed by atoms with E-state index in [4.69, 9.17) is 11.6 Å². The summed E-state index contributed by atoms with van der Waals surface area (Å²) in [5, 5.41) is 0. The van der Waals surface area contributed by atoms with E-state index in [9.17, 15) is 4.79 Å². The fraction of sp³-hybridized carbons (Fsp3) is 0.348. The van der Waals surface area contributed by atoms with Crippen LogP contribution in [-0.2, 0) is 11.3 Å². The third kappa shape index (κ3) is 5.60. The predicted molar refractivity (Wildman–Crippen MR) is 122 cm³/mol. The molecule has 5 heteroatoms. The minimum Gasteiger partial charge on any atom is -0.396 e. The lowest BCUT2D eigenvalue weighted by atomic mass is 9.96. The molecule has 1 aliphatic rings. The second-order valence-electron chi connectivity index (χ2n) is 5.21. The van der Waals surface area contributed by atoms with Gasteiger partial charge in [-0.15, -0.1) is 0 Å². The van der Waals surface area contributed by atoms with Crippen molar-refractivity contribution >= 4 is 23.0 Å². The Balaban J connectivity index is 0.00000111. The first-order chi connectivity index (χ1) is 13.6. The van der Waals surface area contributed by atoms with Crippen LogP contribution in [0.25, 0.3) is 11.4 Å². The van der Waals surface area contributed by atoms with Gasteiger partial charge >= 0.3 is 0 Å². The van der Waals surface area contributed by atoms with Crippen LogP contribution in [0.15, 0.2) is 48.5 Å². The van der Waals surface area contributed by atoms with E-state index in [2.05, 4.69) is 5.43 Å². The summed E-state index contributed by atoms with van der Waals surface area (Å²) >= 11 is 0. The number of anilines is 1. The summed E-state index contributed by atoms with van der Waals surface area (Å²) in [6, 6.07) is 15.4. The van der Waals surface area contributed by atoms with E-state index >= 15 is 0 Å². The highest BCUT2D eigenvalue weighted by molar-refractivity contribution is 6.00. The molecule has 0 saturated carbocycles. The number of rotatable bonds is 1. The summed E-state index contributed by atoms with van der Waals surface area (Å²) in [7, 11) is 0. The first kappa shape index (κ1) is 25.2. The topological polar surface area (TPSA) is 84.4 Å². The molecule has 0 unspecified atom stereocenters. The Morgan fingerprint density at radius 1 is 0.893 bits per heavy atom. The smallest absolute Gasteiger partial charge is 0.224 e. The van der Waals surface area contributed by atoms with Crippen LogP contribution in [0.4, 0.5) is 5.69 Å². The van der Waals surface area contributed by atoms with Gasteiger partial charge in [-0.1, -0.05) is 84.0 Å². The van der Waals surface area contributed by atoms with Gasteiger partial charge in [-0.05, 0) is 11.6 Å². The van der Waals surface area contributed by atoms with Gasteiger partial charge in [0.1, 0.15) is 0 Å². The Morgan fingerprint density at radius 2 is 1.39 bits per heavy atom. The van der Waals surface area contributed by atoms with E-state index in [1.54, 1.807) is 11.8 Å². The molecule has 5 nitrogen and oxygen atoms in total. The van der Waals surface area contributed by atoms with Crippen LogP contribution in [0.1, 0.15) is 65.2 Å². The summed E-state index contributed by atoms with van der Waals surface area (Å²) in [5.41, 5.74) is 13.7. The zero-order chi connectivity index (χ0) is 21.7. The van der Waals surface area contributed by atoms with Crippen LogP contribution in [0, 0.1) is 0 Å². The van der Waals surface area contributed by atoms with Gasteiger partial charge in [-0.25, -0.2) is 0 Å². The lowest BCUT2D eigenvalue weighted by Crippen LogP contribution is -2.33. The Bertz CT molecular complexity index is 769. The Morgan fingerprint density at radius 3 is 1.93 bits per heavy atom. The molecule has 2 aromatic carbocycles. The molecule has 154 valence electrons. The summed E-state index contributed by atoms with van der Waals surface area (Å²) in [4.78, 5) is 13.9. The quantitative estimate of drug-likeness (QED) is 0.483. The fourth-order valence-corrected chi connectivity index (χ4v) is 2.81. The van der Waals surface area contributed by atoms with E-state index in [1.165, 1.54) is 0 Å².